The quantitative estimate of drug-likeness (QED) is 0.524. The summed E-state index contributed by atoms with van der Waals surface area (Å²) in [5.74, 6) is 0. The van der Waals surface area contributed by atoms with Crippen molar-refractivity contribution in [3.8, 4) is 0 Å². The van der Waals surface area contributed by atoms with Gasteiger partial charge in [-0.05, 0) is 19.3 Å². The minimum absolute atomic E-state index is 0.226. The lowest BCUT2D eigenvalue weighted by atomic mass is 10.7. The molecule has 0 aromatic heterocycles. The van der Waals surface area contributed by atoms with Crippen molar-refractivity contribution >= 4 is 11.8 Å². The molecule has 0 heterocycles. The van der Waals surface area contributed by atoms with Crippen molar-refractivity contribution in [2.45, 2.75) is 25.6 Å². The fraction of sp³-hybridized carbons (Fsp3) is 0.667. The molecule has 4 heteroatoms. The highest BCUT2D eigenvalue weighted by molar-refractivity contribution is 8.02. The van der Waals surface area contributed by atoms with Gasteiger partial charge in [0.05, 0.1) is 0 Å². The van der Waals surface area contributed by atoms with E-state index < -0.39 is 6.23 Å². The van der Waals surface area contributed by atoms with Crippen LogP contribution in [0.1, 0.15) is 13.8 Å². The number of aliphatic hydroxyl groups excluding tert-OH is 1. The van der Waals surface area contributed by atoms with Crippen LogP contribution in [0, 0.1) is 0 Å². The van der Waals surface area contributed by atoms with Crippen LogP contribution in [-0.2, 0) is 0 Å². The molecule has 3 nitrogen and oxygen atoms in total. The third-order valence-corrected chi connectivity index (χ3v) is 1.63. The van der Waals surface area contributed by atoms with Crippen LogP contribution in [0.2, 0.25) is 0 Å². The maximum Gasteiger partial charge on any atom is 0.109 e. The van der Waals surface area contributed by atoms with Gasteiger partial charge >= 0.3 is 0 Å². The van der Waals surface area contributed by atoms with Gasteiger partial charge in [0.15, 0.2) is 0 Å². The van der Waals surface area contributed by atoms with Crippen LogP contribution in [0.3, 0.4) is 0 Å². The zero-order valence-electron chi connectivity index (χ0n) is 6.24. The Kier molecular flexibility index (Phi) is 5.71. The van der Waals surface area contributed by atoms with Crippen LogP contribution >= 0.6 is 11.8 Å². The molecule has 4 N–H and O–H groups in total. The first-order valence-corrected chi connectivity index (χ1v) is 4.07. The van der Waals surface area contributed by atoms with E-state index in [4.69, 9.17) is 10.8 Å². The molecular weight excluding hydrogens is 148 g/mol. The monoisotopic (exact) mass is 162 g/mol. The van der Waals surface area contributed by atoms with Gasteiger partial charge in [-0.1, -0.05) is 17.8 Å². The third kappa shape index (κ3) is 6.10. The molecule has 2 unspecified atom stereocenters. The Balaban J connectivity index is 3.33. The van der Waals surface area contributed by atoms with Crippen LogP contribution in [0.4, 0.5) is 0 Å². The molecule has 2 atom stereocenters. The number of aliphatic hydroxyl groups is 1. The summed E-state index contributed by atoms with van der Waals surface area (Å²) in [7, 11) is 0. The molecule has 0 aromatic carbocycles. The average molecular weight is 162 g/mol. The van der Waals surface area contributed by atoms with Crippen LogP contribution in [0.15, 0.2) is 11.5 Å². The van der Waals surface area contributed by atoms with Crippen LogP contribution < -0.4 is 11.1 Å². The van der Waals surface area contributed by atoms with Crippen molar-refractivity contribution in [1.29, 1.82) is 0 Å². The highest BCUT2D eigenvalue weighted by atomic mass is 32.2. The van der Waals surface area contributed by atoms with E-state index in [0.717, 1.165) is 0 Å². The van der Waals surface area contributed by atoms with Crippen molar-refractivity contribution in [3.05, 3.63) is 11.5 Å². The number of hydrogen-bond donors (Lipinski definition) is 3. The molecule has 0 aliphatic heterocycles. The summed E-state index contributed by atoms with van der Waals surface area (Å²) >= 11 is 1.43. The predicted octanol–water partition coefficient (Wildman–Crippen LogP) is 0.423. The minimum atomic E-state index is -0.548. The summed E-state index contributed by atoms with van der Waals surface area (Å²) in [4.78, 5) is 0. The molecule has 0 radical (unpaired) electrons. The summed E-state index contributed by atoms with van der Waals surface area (Å²) in [6.07, 6.45) is 1.35. The first-order chi connectivity index (χ1) is 4.66. The largest absolute Gasteiger partial charge is 0.379 e. The lowest BCUT2D eigenvalue weighted by molar-refractivity contribution is 0.154. The summed E-state index contributed by atoms with van der Waals surface area (Å²) in [5.41, 5.74) is 5.28. The Labute approximate surface area is 65.7 Å². The Hall–Kier alpha value is -0.0300. The van der Waals surface area contributed by atoms with Crippen LogP contribution in [0.25, 0.3) is 0 Å². The molecule has 60 valence electrons. The summed E-state index contributed by atoms with van der Waals surface area (Å²) < 4.78 is 0. The second kappa shape index (κ2) is 5.73. The molecule has 0 aliphatic rings. The van der Waals surface area contributed by atoms with Gasteiger partial charge in [0.2, 0.25) is 0 Å². The van der Waals surface area contributed by atoms with Gasteiger partial charge in [-0.3, -0.25) is 5.32 Å². The topological polar surface area (TPSA) is 58.3 Å². The van der Waals surface area contributed by atoms with E-state index in [1.165, 1.54) is 11.8 Å². The van der Waals surface area contributed by atoms with E-state index in [2.05, 4.69) is 5.32 Å². The van der Waals surface area contributed by atoms with E-state index >= 15 is 0 Å². The molecule has 0 spiro atoms. The number of hydrogen-bond acceptors (Lipinski definition) is 4. The number of thioether (sulfide) groups is 1. The van der Waals surface area contributed by atoms with Crippen LogP contribution in [0.5, 0.6) is 0 Å². The highest BCUT2D eigenvalue weighted by Crippen LogP contribution is 2.03. The van der Waals surface area contributed by atoms with E-state index in [0.29, 0.717) is 0 Å². The van der Waals surface area contributed by atoms with E-state index in [1.54, 1.807) is 6.92 Å². The Morgan fingerprint density at radius 2 is 2.30 bits per heavy atom. The van der Waals surface area contributed by atoms with E-state index in [-0.39, 0.29) is 5.50 Å². The second-order valence-corrected chi connectivity index (χ2v) is 2.92. The maximum atomic E-state index is 8.79. The van der Waals surface area contributed by atoms with Crippen molar-refractivity contribution < 1.29 is 5.11 Å². The first kappa shape index (κ1) is 9.97. The van der Waals surface area contributed by atoms with Gasteiger partial charge in [0, 0.05) is 0 Å². The number of nitrogens with one attached hydrogen (secondary N) is 1. The first-order valence-electron chi connectivity index (χ1n) is 3.13. The molecule has 0 aliphatic carbocycles. The number of rotatable bonds is 4. The van der Waals surface area contributed by atoms with Crippen molar-refractivity contribution in [3.63, 3.8) is 0 Å². The SMILES string of the molecule is C/C=C/SC(N)NC(C)O. The molecule has 10 heavy (non-hydrogen) atoms. The second-order valence-electron chi connectivity index (χ2n) is 1.87. The molecule has 0 aromatic rings. The van der Waals surface area contributed by atoms with Gasteiger partial charge < -0.3 is 10.8 Å². The van der Waals surface area contributed by atoms with Crippen molar-refractivity contribution in [2.75, 3.05) is 0 Å². The van der Waals surface area contributed by atoms with E-state index in [1.807, 2.05) is 18.4 Å². The normalized spacial score (nSPS) is 17.6. The smallest absolute Gasteiger partial charge is 0.109 e. The summed E-state index contributed by atoms with van der Waals surface area (Å²) in [5, 5.41) is 13.4. The number of nitrogens with two attached hydrogens (primary N) is 1. The van der Waals surface area contributed by atoms with Crippen molar-refractivity contribution in [1.82, 2.24) is 5.32 Å². The van der Waals surface area contributed by atoms with Crippen LogP contribution in [-0.4, -0.2) is 16.8 Å². The fourth-order valence-electron chi connectivity index (χ4n) is 0.440. The predicted molar refractivity (Wildman–Crippen MR) is 45.2 cm³/mol. The Morgan fingerprint density at radius 1 is 1.70 bits per heavy atom. The van der Waals surface area contributed by atoms with Gasteiger partial charge in [0.25, 0.3) is 0 Å². The third-order valence-electron chi connectivity index (χ3n) is 0.767. The molecule has 0 saturated heterocycles. The standard InChI is InChI=1S/C6H14N2OS/c1-3-4-10-6(7)8-5(2)9/h3-6,8-9H,7H2,1-2H3/b4-3+. The lowest BCUT2D eigenvalue weighted by Gasteiger charge is -2.12. The lowest BCUT2D eigenvalue weighted by Crippen LogP contribution is -2.39. The minimum Gasteiger partial charge on any atom is -0.379 e. The molecule has 0 saturated carbocycles. The highest BCUT2D eigenvalue weighted by Gasteiger charge is 2.00. The Bertz CT molecular complexity index is 106. The average Bonchev–Trinajstić information content (AvgIpc) is 1.82. The summed E-state index contributed by atoms with van der Waals surface area (Å²) in [6.45, 7) is 3.55. The summed E-state index contributed by atoms with van der Waals surface area (Å²) in [6, 6.07) is 0. The molecule has 0 rings (SSSR count). The molecule has 0 bridgehead atoms. The molecule has 0 fully saturated rings. The maximum absolute atomic E-state index is 8.79. The zero-order valence-corrected chi connectivity index (χ0v) is 7.06. The number of allylic oxidation sites excluding steroid dienone is 1. The molecular formula is C6H14N2OS. The van der Waals surface area contributed by atoms with Gasteiger partial charge in [0.1, 0.15) is 11.7 Å². The Morgan fingerprint density at radius 3 is 2.70 bits per heavy atom. The van der Waals surface area contributed by atoms with Crippen molar-refractivity contribution in [2.24, 2.45) is 5.73 Å². The zero-order chi connectivity index (χ0) is 7.98. The van der Waals surface area contributed by atoms with Gasteiger partial charge in [-0.25, -0.2) is 0 Å². The van der Waals surface area contributed by atoms with E-state index in [9.17, 15) is 0 Å². The fourth-order valence-corrected chi connectivity index (χ4v) is 1.04. The van der Waals surface area contributed by atoms with Gasteiger partial charge in [-0.2, -0.15) is 0 Å². The van der Waals surface area contributed by atoms with Gasteiger partial charge in [-0.15, -0.1) is 0 Å². The molecule has 0 amide bonds.